The van der Waals surface area contributed by atoms with E-state index in [0.717, 1.165) is 12.2 Å². The van der Waals surface area contributed by atoms with E-state index in [0.29, 0.717) is 6.61 Å². The van der Waals surface area contributed by atoms with E-state index in [1.54, 1.807) is 0 Å². The lowest BCUT2D eigenvalue weighted by atomic mass is 9.96. The van der Waals surface area contributed by atoms with Gasteiger partial charge >= 0.3 is 0 Å². The Morgan fingerprint density at radius 1 is 1.54 bits per heavy atom. The maximum atomic E-state index is 9.01. The van der Waals surface area contributed by atoms with Gasteiger partial charge in [0, 0.05) is 12.5 Å². The van der Waals surface area contributed by atoms with Crippen molar-refractivity contribution >= 4 is 0 Å². The molecule has 1 atom stereocenters. The fraction of sp³-hybridized carbons (Fsp3) is 0.455. The highest BCUT2D eigenvalue weighted by atomic mass is 16.5. The first kappa shape index (κ1) is 8.57. The molecular weight excluding hydrogens is 164 g/mol. The van der Waals surface area contributed by atoms with Gasteiger partial charge in [-0.1, -0.05) is 18.2 Å². The quantitative estimate of drug-likeness (QED) is 0.706. The van der Waals surface area contributed by atoms with Crippen molar-refractivity contribution in [1.82, 2.24) is 0 Å². The monoisotopic (exact) mass is 178 g/mol. The predicted octanol–water partition coefficient (Wildman–Crippen LogP) is 1.54. The summed E-state index contributed by atoms with van der Waals surface area (Å²) in [4.78, 5) is 0. The number of aliphatic hydroxyl groups excluding tert-OH is 1. The maximum Gasteiger partial charge on any atom is 0.125 e. The second-order valence-corrected chi connectivity index (χ2v) is 3.63. The molecule has 2 rings (SSSR count). The highest BCUT2D eigenvalue weighted by Crippen LogP contribution is 2.29. The van der Waals surface area contributed by atoms with E-state index in [-0.39, 0.29) is 12.5 Å². The van der Waals surface area contributed by atoms with E-state index in [1.165, 1.54) is 11.1 Å². The molecule has 0 aromatic heterocycles. The van der Waals surface area contributed by atoms with Crippen molar-refractivity contribution in [2.45, 2.75) is 13.3 Å². The number of aryl methyl sites for hydroxylation is 1. The summed E-state index contributed by atoms with van der Waals surface area (Å²) in [6.07, 6.45) is 0.938. The first-order chi connectivity index (χ1) is 6.31. The standard InChI is InChI=1S/C11H14O2/c1-8-3-2-4-10-5-9(6-12)7-13-11(8)10/h2-4,9,12H,5-7H2,1H3. The molecule has 1 N–H and O–H groups in total. The molecule has 0 radical (unpaired) electrons. The van der Waals surface area contributed by atoms with E-state index in [2.05, 4.69) is 19.1 Å². The van der Waals surface area contributed by atoms with Crippen LogP contribution < -0.4 is 4.74 Å². The summed E-state index contributed by atoms with van der Waals surface area (Å²) in [5, 5.41) is 9.01. The van der Waals surface area contributed by atoms with E-state index >= 15 is 0 Å². The Morgan fingerprint density at radius 2 is 2.38 bits per heavy atom. The first-order valence-corrected chi connectivity index (χ1v) is 4.63. The number of aliphatic hydroxyl groups is 1. The third-order valence-corrected chi connectivity index (χ3v) is 2.52. The molecule has 0 amide bonds. The lowest BCUT2D eigenvalue weighted by Gasteiger charge is -2.24. The lowest BCUT2D eigenvalue weighted by molar-refractivity contribution is 0.146. The minimum Gasteiger partial charge on any atom is -0.493 e. The van der Waals surface area contributed by atoms with Crippen LogP contribution in [0.3, 0.4) is 0 Å². The Kier molecular flexibility index (Phi) is 2.23. The maximum absolute atomic E-state index is 9.01. The van der Waals surface area contributed by atoms with E-state index in [4.69, 9.17) is 9.84 Å². The highest BCUT2D eigenvalue weighted by Gasteiger charge is 2.19. The Hall–Kier alpha value is -1.02. The molecule has 0 spiro atoms. The summed E-state index contributed by atoms with van der Waals surface area (Å²) in [6, 6.07) is 6.17. The van der Waals surface area contributed by atoms with Crippen molar-refractivity contribution in [1.29, 1.82) is 0 Å². The number of rotatable bonds is 1. The third-order valence-electron chi connectivity index (χ3n) is 2.52. The largest absolute Gasteiger partial charge is 0.493 e. The van der Waals surface area contributed by atoms with Crippen LogP contribution >= 0.6 is 0 Å². The van der Waals surface area contributed by atoms with Crippen LogP contribution in [0.2, 0.25) is 0 Å². The van der Waals surface area contributed by atoms with Crippen LogP contribution in [0.1, 0.15) is 11.1 Å². The van der Waals surface area contributed by atoms with E-state index in [1.807, 2.05) is 6.07 Å². The molecular formula is C11H14O2. The van der Waals surface area contributed by atoms with Gasteiger partial charge in [0.2, 0.25) is 0 Å². The summed E-state index contributed by atoms with van der Waals surface area (Å²) in [5.41, 5.74) is 2.42. The number of hydrogen-bond acceptors (Lipinski definition) is 2. The van der Waals surface area contributed by atoms with Crippen LogP contribution in [0.25, 0.3) is 0 Å². The second-order valence-electron chi connectivity index (χ2n) is 3.63. The zero-order valence-electron chi connectivity index (χ0n) is 7.79. The SMILES string of the molecule is Cc1cccc2c1OCC(CO)C2. The molecule has 70 valence electrons. The third kappa shape index (κ3) is 1.54. The zero-order valence-corrected chi connectivity index (χ0v) is 7.79. The molecule has 1 aromatic rings. The second kappa shape index (κ2) is 3.38. The van der Waals surface area contributed by atoms with Crippen molar-refractivity contribution in [3.8, 4) is 5.75 Å². The Morgan fingerprint density at radius 3 is 3.15 bits per heavy atom. The summed E-state index contributed by atoms with van der Waals surface area (Å²) in [5.74, 6) is 1.29. The molecule has 2 nitrogen and oxygen atoms in total. The summed E-state index contributed by atoms with van der Waals surface area (Å²) in [6.45, 7) is 2.92. The molecule has 1 unspecified atom stereocenters. The molecule has 1 aliphatic heterocycles. The molecule has 0 aliphatic carbocycles. The molecule has 1 aromatic carbocycles. The number of ether oxygens (including phenoxy) is 1. The number of para-hydroxylation sites is 1. The number of fused-ring (bicyclic) bond motifs is 1. The molecule has 0 bridgehead atoms. The van der Waals surface area contributed by atoms with E-state index < -0.39 is 0 Å². The summed E-state index contributed by atoms with van der Waals surface area (Å²) >= 11 is 0. The molecule has 1 heterocycles. The first-order valence-electron chi connectivity index (χ1n) is 4.63. The average molecular weight is 178 g/mol. The number of benzene rings is 1. The Bertz CT molecular complexity index is 307. The topological polar surface area (TPSA) is 29.5 Å². The van der Waals surface area contributed by atoms with Crippen molar-refractivity contribution in [2.75, 3.05) is 13.2 Å². The summed E-state index contributed by atoms with van der Waals surface area (Å²) in [7, 11) is 0. The van der Waals surface area contributed by atoms with Crippen molar-refractivity contribution < 1.29 is 9.84 Å². The average Bonchev–Trinajstić information content (AvgIpc) is 2.18. The Balaban J connectivity index is 2.31. The van der Waals surface area contributed by atoms with Crippen LogP contribution in [0.15, 0.2) is 18.2 Å². The Labute approximate surface area is 78.2 Å². The van der Waals surface area contributed by atoms with Gasteiger partial charge in [0.1, 0.15) is 5.75 Å². The molecule has 2 heteroatoms. The van der Waals surface area contributed by atoms with Gasteiger partial charge in [-0.2, -0.15) is 0 Å². The van der Waals surface area contributed by atoms with Gasteiger partial charge in [-0.15, -0.1) is 0 Å². The summed E-state index contributed by atoms with van der Waals surface area (Å²) < 4.78 is 5.60. The smallest absolute Gasteiger partial charge is 0.125 e. The van der Waals surface area contributed by atoms with E-state index in [9.17, 15) is 0 Å². The van der Waals surface area contributed by atoms with Gasteiger partial charge in [0.15, 0.2) is 0 Å². The predicted molar refractivity (Wildman–Crippen MR) is 51.0 cm³/mol. The van der Waals surface area contributed by atoms with Gasteiger partial charge in [-0.3, -0.25) is 0 Å². The van der Waals surface area contributed by atoms with Gasteiger partial charge in [0.05, 0.1) is 6.61 Å². The highest BCUT2D eigenvalue weighted by molar-refractivity contribution is 5.42. The van der Waals surface area contributed by atoms with Crippen molar-refractivity contribution in [3.63, 3.8) is 0 Å². The molecule has 0 saturated heterocycles. The van der Waals surface area contributed by atoms with Gasteiger partial charge < -0.3 is 9.84 Å². The zero-order chi connectivity index (χ0) is 9.26. The van der Waals surface area contributed by atoms with Crippen LogP contribution in [0.4, 0.5) is 0 Å². The number of hydrogen-bond donors (Lipinski definition) is 1. The van der Waals surface area contributed by atoms with Crippen LogP contribution in [-0.2, 0) is 6.42 Å². The normalized spacial score (nSPS) is 20.6. The van der Waals surface area contributed by atoms with Crippen LogP contribution in [0.5, 0.6) is 5.75 Å². The minimum atomic E-state index is 0.216. The fourth-order valence-corrected chi connectivity index (χ4v) is 1.77. The molecule has 0 saturated carbocycles. The van der Waals surface area contributed by atoms with Crippen LogP contribution in [-0.4, -0.2) is 18.3 Å². The molecule has 1 aliphatic rings. The van der Waals surface area contributed by atoms with Crippen LogP contribution in [0, 0.1) is 12.8 Å². The molecule has 13 heavy (non-hydrogen) atoms. The minimum absolute atomic E-state index is 0.216. The lowest BCUT2D eigenvalue weighted by Crippen LogP contribution is -2.24. The fourth-order valence-electron chi connectivity index (χ4n) is 1.77. The van der Waals surface area contributed by atoms with Gasteiger partial charge in [-0.05, 0) is 24.5 Å². The van der Waals surface area contributed by atoms with Gasteiger partial charge in [-0.25, -0.2) is 0 Å². The molecule has 0 fully saturated rings. The van der Waals surface area contributed by atoms with Crippen molar-refractivity contribution in [3.05, 3.63) is 29.3 Å². The van der Waals surface area contributed by atoms with Gasteiger partial charge in [0.25, 0.3) is 0 Å². The van der Waals surface area contributed by atoms with Crippen molar-refractivity contribution in [2.24, 2.45) is 5.92 Å².